The Hall–Kier alpha value is -5.89. The first-order valence-electron chi connectivity index (χ1n) is 19.6. The van der Waals surface area contributed by atoms with Gasteiger partial charge >= 0.3 is 12.2 Å². The molecule has 4 aromatic rings. The molecule has 300 valence electrons. The third-order valence-corrected chi connectivity index (χ3v) is 10.5. The van der Waals surface area contributed by atoms with E-state index in [1.165, 1.54) is 9.80 Å². The van der Waals surface area contributed by atoms with Gasteiger partial charge in [0, 0.05) is 44.7 Å². The molecular weight excluding hydrogens is 730 g/mol. The number of rotatable bonds is 17. The average molecular weight is 780 g/mol. The molecule has 2 aliphatic heterocycles. The van der Waals surface area contributed by atoms with E-state index in [1.54, 1.807) is 24.3 Å². The van der Waals surface area contributed by atoms with Gasteiger partial charge in [0.2, 0.25) is 11.7 Å². The topological polar surface area (TPSA) is 191 Å². The number of aryl methyl sites for hydroxylation is 1. The van der Waals surface area contributed by atoms with Crippen molar-refractivity contribution in [2.45, 2.75) is 82.6 Å². The SMILES string of the molecule is NCCCC[C@H](CC(=O)[C@@H]1C[C@@H](OC(=O)N2CCC(=O)CC2)CN1C(=O)[C@@H](CCc1ccccc1)NC(=O)OCc1ccccc1)C(=O)c1nc2ccccc2o1. The number of likely N-dealkylation sites (tertiary alicyclic amines) is 2. The van der Waals surface area contributed by atoms with E-state index in [0.29, 0.717) is 43.3 Å². The molecule has 3 aromatic carbocycles. The number of carbonyl (C=O) groups is 6. The smallest absolute Gasteiger partial charge is 0.410 e. The first-order valence-corrected chi connectivity index (χ1v) is 19.6. The molecule has 3 N–H and O–H groups in total. The van der Waals surface area contributed by atoms with Crippen LogP contribution in [-0.4, -0.2) is 94.6 Å². The van der Waals surface area contributed by atoms with Gasteiger partial charge in [-0.3, -0.25) is 19.2 Å². The fraction of sp³-hybridized carbons (Fsp3) is 0.419. The van der Waals surface area contributed by atoms with Crippen LogP contribution in [0.25, 0.3) is 11.1 Å². The number of Topliss-reactive ketones (excluding diaryl/α,β-unsaturated/α-hetero) is 3. The monoisotopic (exact) mass is 779 g/mol. The number of hydrogen-bond donors (Lipinski definition) is 2. The zero-order valence-electron chi connectivity index (χ0n) is 31.9. The van der Waals surface area contributed by atoms with E-state index >= 15 is 0 Å². The number of oxazole rings is 1. The Morgan fingerprint density at radius 3 is 2.26 bits per heavy atom. The van der Waals surface area contributed by atoms with Crippen LogP contribution in [0.2, 0.25) is 0 Å². The summed E-state index contributed by atoms with van der Waals surface area (Å²) >= 11 is 0. The van der Waals surface area contributed by atoms with Gasteiger partial charge in [-0.05, 0) is 55.5 Å². The molecule has 4 atom stereocenters. The lowest BCUT2D eigenvalue weighted by molar-refractivity contribution is -0.139. The largest absolute Gasteiger partial charge is 0.445 e. The second-order valence-corrected chi connectivity index (χ2v) is 14.6. The molecule has 0 aliphatic carbocycles. The third-order valence-electron chi connectivity index (χ3n) is 10.5. The number of aromatic nitrogens is 1. The predicted molar refractivity (Wildman–Crippen MR) is 209 cm³/mol. The van der Waals surface area contributed by atoms with Crippen molar-refractivity contribution >= 4 is 46.5 Å². The molecule has 6 rings (SSSR count). The minimum Gasteiger partial charge on any atom is -0.445 e. The molecule has 14 heteroatoms. The quantitative estimate of drug-likeness (QED) is 0.103. The van der Waals surface area contributed by atoms with E-state index < -0.39 is 53.8 Å². The number of benzene rings is 3. The second-order valence-electron chi connectivity index (χ2n) is 14.6. The van der Waals surface area contributed by atoms with E-state index in [4.69, 9.17) is 19.6 Å². The summed E-state index contributed by atoms with van der Waals surface area (Å²) in [4.78, 5) is 88.4. The highest BCUT2D eigenvalue weighted by Crippen LogP contribution is 2.29. The van der Waals surface area contributed by atoms with Crippen molar-refractivity contribution in [1.29, 1.82) is 0 Å². The van der Waals surface area contributed by atoms with E-state index in [9.17, 15) is 28.8 Å². The van der Waals surface area contributed by atoms with Gasteiger partial charge < -0.3 is 34.7 Å². The van der Waals surface area contributed by atoms with Crippen molar-refractivity contribution in [3.63, 3.8) is 0 Å². The number of amides is 3. The number of alkyl carbamates (subject to hydrolysis) is 1. The Balaban J connectivity index is 1.24. The number of ether oxygens (including phenoxy) is 2. The number of carbonyl (C=O) groups excluding carboxylic acids is 6. The van der Waals surface area contributed by atoms with E-state index in [1.807, 2.05) is 60.7 Å². The fourth-order valence-electron chi connectivity index (χ4n) is 7.30. The van der Waals surface area contributed by atoms with E-state index in [2.05, 4.69) is 10.3 Å². The van der Waals surface area contributed by atoms with Crippen LogP contribution in [-0.2, 0) is 36.9 Å². The van der Waals surface area contributed by atoms with Gasteiger partial charge in [-0.15, -0.1) is 0 Å². The highest BCUT2D eigenvalue weighted by Gasteiger charge is 2.45. The number of piperidine rings is 1. The van der Waals surface area contributed by atoms with Gasteiger partial charge in [0.25, 0.3) is 5.89 Å². The van der Waals surface area contributed by atoms with Crippen molar-refractivity contribution in [3.8, 4) is 0 Å². The van der Waals surface area contributed by atoms with Crippen molar-refractivity contribution in [1.82, 2.24) is 20.1 Å². The van der Waals surface area contributed by atoms with Crippen LogP contribution in [0.3, 0.4) is 0 Å². The number of para-hydroxylation sites is 2. The lowest BCUT2D eigenvalue weighted by Crippen LogP contribution is -2.52. The molecule has 57 heavy (non-hydrogen) atoms. The predicted octanol–water partition coefficient (Wildman–Crippen LogP) is 5.41. The van der Waals surface area contributed by atoms with Crippen LogP contribution >= 0.6 is 0 Å². The van der Waals surface area contributed by atoms with Gasteiger partial charge in [-0.1, -0.05) is 79.2 Å². The lowest BCUT2D eigenvalue weighted by Gasteiger charge is -2.29. The van der Waals surface area contributed by atoms with Gasteiger partial charge in [-0.25, -0.2) is 14.6 Å². The van der Waals surface area contributed by atoms with E-state index in [-0.39, 0.29) is 70.0 Å². The maximum atomic E-state index is 14.6. The Morgan fingerprint density at radius 2 is 1.56 bits per heavy atom. The van der Waals surface area contributed by atoms with Crippen LogP contribution in [0.4, 0.5) is 9.59 Å². The summed E-state index contributed by atoms with van der Waals surface area (Å²) < 4.78 is 17.2. The molecule has 0 spiro atoms. The van der Waals surface area contributed by atoms with Crippen molar-refractivity contribution in [2.24, 2.45) is 11.7 Å². The van der Waals surface area contributed by atoms with Crippen LogP contribution in [0, 0.1) is 5.92 Å². The highest BCUT2D eigenvalue weighted by atomic mass is 16.6. The summed E-state index contributed by atoms with van der Waals surface area (Å²) in [6.45, 7) is 0.707. The molecule has 2 saturated heterocycles. The molecule has 3 amide bonds. The number of nitrogens with one attached hydrogen (secondary N) is 1. The number of hydrogen-bond acceptors (Lipinski definition) is 11. The Kier molecular flexibility index (Phi) is 14.2. The summed E-state index contributed by atoms with van der Waals surface area (Å²) in [6, 6.07) is 23.4. The van der Waals surface area contributed by atoms with Gasteiger partial charge in [0.05, 0.1) is 12.6 Å². The molecule has 2 fully saturated rings. The number of fused-ring (bicyclic) bond motifs is 1. The highest BCUT2D eigenvalue weighted by molar-refractivity contribution is 6.00. The first kappa shape index (κ1) is 40.8. The first-order chi connectivity index (χ1) is 27.7. The van der Waals surface area contributed by atoms with E-state index in [0.717, 1.165) is 11.1 Å². The third kappa shape index (κ3) is 11.1. The lowest BCUT2D eigenvalue weighted by atomic mass is 9.89. The number of nitrogens with zero attached hydrogens (tertiary/aromatic N) is 3. The van der Waals surface area contributed by atoms with Gasteiger partial charge in [0.1, 0.15) is 30.1 Å². The zero-order valence-corrected chi connectivity index (χ0v) is 31.9. The van der Waals surface area contributed by atoms with Crippen molar-refractivity contribution in [2.75, 3.05) is 26.2 Å². The number of unbranched alkanes of at least 4 members (excludes halogenated alkanes) is 1. The molecule has 0 unspecified atom stereocenters. The molecule has 1 aromatic heterocycles. The molecule has 2 aliphatic rings. The van der Waals surface area contributed by atoms with Crippen LogP contribution in [0.5, 0.6) is 0 Å². The standard InChI is InChI=1S/C43H49N5O9/c44-22-10-9-15-31(39(51)40-45-34-16-7-8-17-38(34)57-40)25-37(50)36-26-33(56-43(54)47-23-20-32(49)21-24-47)27-48(36)41(52)35(19-18-29-11-3-1-4-12-29)46-42(53)55-28-30-13-5-2-6-14-30/h1-8,11-14,16-17,31,33,35-36H,9-10,15,18-28,44H2,(H,46,53)/t31-,33-,35-,36+/m1/s1. The minimum atomic E-state index is -1.10. The summed E-state index contributed by atoms with van der Waals surface area (Å²) in [7, 11) is 0. The normalized spacial score (nSPS) is 17.9. The zero-order chi connectivity index (χ0) is 40.1. The van der Waals surface area contributed by atoms with Crippen LogP contribution in [0.1, 0.15) is 73.2 Å². The minimum absolute atomic E-state index is 0.0143. The fourth-order valence-corrected chi connectivity index (χ4v) is 7.30. The van der Waals surface area contributed by atoms with Crippen LogP contribution in [0.15, 0.2) is 89.3 Å². The second kappa shape index (κ2) is 19.8. The van der Waals surface area contributed by atoms with Crippen molar-refractivity contribution < 1.29 is 42.7 Å². The van der Waals surface area contributed by atoms with Crippen LogP contribution < -0.4 is 11.1 Å². The molecule has 0 bridgehead atoms. The Bertz CT molecular complexity index is 1980. The van der Waals surface area contributed by atoms with Gasteiger partial charge in [0.15, 0.2) is 11.4 Å². The molecule has 0 radical (unpaired) electrons. The Morgan fingerprint density at radius 1 is 0.877 bits per heavy atom. The van der Waals surface area contributed by atoms with Crippen molar-refractivity contribution in [3.05, 3.63) is 102 Å². The molecule has 3 heterocycles. The number of nitrogens with two attached hydrogens (primary N) is 1. The summed E-state index contributed by atoms with van der Waals surface area (Å²) in [5, 5.41) is 2.73. The maximum Gasteiger partial charge on any atom is 0.410 e. The molecular formula is C43H49N5O9. The van der Waals surface area contributed by atoms with Gasteiger partial charge in [-0.2, -0.15) is 0 Å². The molecule has 14 nitrogen and oxygen atoms in total. The Labute approximate surface area is 331 Å². The summed E-state index contributed by atoms with van der Waals surface area (Å²) in [5.74, 6) is -2.24. The number of ketones is 3. The molecule has 0 saturated carbocycles. The summed E-state index contributed by atoms with van der Waals surface area (Å²) in [6.07, 6.45) is 0.0471. The average Bonchev–Trinajstić information content (AvgIpc) is 3.87. The maximum absolute atomic E-state index is 14.6. The summed E-state index contributed by atoms with van der Waals surface area (Å²) in [5.41, 5.74) is 8.43.